The normalized spacial score (nSPS) is 11.3. The highest BCUT2D eigenvalue weighted by molar-refractivity contribution is 5.86. The molecule has 3 aromatic heterocycles. The van der Waals surface area contributed by atoms with Gasteiger partial charge in [-0.3, -0.25) is 0 Å². The van der Waals surface area contributed by atoms with Crippen molar-refractivity contribution in [2.24, 2.45) is 0 Å². The average molecular weight is 395 g/mol. The molecule has 0 amide bonds. The molecule has 6 nitrogen and oxygen atoms in total. The van der Waals surface area contributed by atoms with Gasteiger partial charge in [0.05, 0.1) is 24.1 Å². The van der Waals surface area contributed by atoms with E-state index in [-0.39, 0.29) is 0 Å². The van der Waals surface area contributed by atoms with Gasteiger partial charge in [-0.15, -0.1) is 0 Å². The van der Waals surface area contributed by atoms with E-state index in [2.05, 4.69) is 82.3 Å². The van der Waals surface area contributed by atoms with Crippen LogP contribution >= 0.6 is 0 Å². The van der Waals surface area contributed by atoms with Crippen molar-refractivity contribution in [3.8, 4) is 17.1 Å². The molecule has 0 radical (unpaired) electrons. The number of nitrogens with one attached hydrogen (secondary N) is 1. The predicted molar refractivity (Wildman–Crippen MR) is 118 cm³/mol. The van der Waals surface area contributed by atoms with Gasteiger partial charge in [0, 0.05) is 17.4 Å². The summed E-state index contributed by atoms with van der Waals surface area (Å²) in [5.74, 6) is 0.489. The van der Waals surface area contributed by atoms with Crippen molar-refractivity contribution < 1.29 is 4.74 Å². The van der Waals surface area contributed by atoms with Gasteiger partial charge in [-0.25, -0.2) is 15.0 Å². The number of benzene rings is 2. The topological polar surface area (TPSA) is 76.6 Å². The molecule has 5 rings (SSSR count). The van der Waals surface area contributed by atoms with Crippen molar-refractivity contribution in [3.63, 3.8) is 0 Å². The number of aromatic amines is 1. The first-order valence-corrected chi connectivity index (χ1v) is 9.93. The maximum atomic E-state index is 5.98. The van der Waals surface area contributed by atoms with Crippen LogP contribution in [0.4, 0.5) is 0 Å². The summed E-state index contributed by atoms with van der Waals surface area (Å²) in [7, 11) is 0. The molecule has 0 saturated heterocycles. The molecule has 1 N–H and O–H groups in total. The molecule has 0 aliphatic rings. The van der Waals surface area contributed by atoms with Crippen LogP contribution in [0, 0.1) is 13.8 Å². The van der Waals surface area contributed by atoms with Crippen molar-refractivity contribution in [1.82, 2.24) is 24.9 Å². The second-order valence-corrected chi connectivity index (χ2v) is 7.33. The molecule has 2 aromatic carbocycles. The number of hydrogen-bond acceptors (Lipinski definition) is 5. The molecule has 0 spiro atoms. The first-order valence-electron chi connectivity index (χ1n) is 9.93. The maximum absolute atomic E-state index is 5.98. The third-order valence-electron chi connectivity index (χ3n) is 5.32. The third kappa shape index (κ3) is 3.26. The zero-order chi connectivity index (χ0) is 20.5. The fourth-order valence-electron chi connectivity index (χ4n) is 3.76. The lowest BCUT2D eigenvalue weighted by Crippen LogP contribution is -2.06. The van der Waals surface area contributed by atoms with Crippen molar-refractivity contribution in [1.29, 1.82) is 0 Å². The van der Waals surface area contributed by atoms with E-state index in [1.807, 2.05) is 0 Å². The summed E-state index contributed by atoms with van der Waals surface area (Å²) < 4.78 is 5.98. The molecule has 6 heteroatoms. The van der Waals surface area contributed by atoms with Crippen LogP contribution in [0.2, 0.25) is 0 Å². The van der Waals surface area contributed by atoms with Crippen LogP contribution in [0.1, 0.15) is 16.7 Å². The van der Waals surface area contributed by atoms with Crippen molar-refractivity contribution >= 4 is 22.1 Å². The van der Waals surface area contributed by atoms with Gasteiger partial charge in [-0.2, -0.15) is 4.98 Å². The molecule has 30 heavy (non-hydrogen) atoms. The number of hydrogen-bond donors (Lipinski definition) is 1. The third-order valence-corrected chi connectivity index (χ3v) is 5.32. The predicted octanol–water partition coefficient (Wildman–Crippen LogP) is 4.81. The first kappa shape index (κ1) is 18.2. The Labute approximate surface area is 174 Å². The van der Waals surface area contributed by atoms with Gasteiger partial charge in [-0.1, -0.05) is 42.5 Å². The lowest BCUT2D eigenvalue weighted by atomic mass is 9.97. The monoisotopic (exact) mass is 395 g/mol. The fourth-order valence-corrected chi connectivity index (χ4v) is 3.76. The number of fused-ring (bicyclic) bond motifs is 2. The molecule has 0 fully saturated rings. The SMILES string of the molecule is Cc1ccccc1-c1nc2c(C)cccc2cc1CCOc1ncnc2[nH]cnc12. The second kappa shape index (κ2) is 7.55. The van der Waals surface area contributed by atoms with Gasteiger partial charge in [-0.05, 0) is 36.6 Å². The van der Waals surface area contributed by atoms with E-state index in [4.69, 9.17) is 9.72 Å². The van der Waals surface area contributed by atoms with Crippen LogP contribution in [0.3, 0.4) is 0 Å². The van der Waals surface area contributed by atoms with Gasteiger partial charge in [0.2, 0.25) is 5.88 Å². The van der Waals surface area contributed by atoms with Gasteiger partial charge in [0.1, 0.15) is 6.33 Å². The molecule has 0 unspecified atom stereocenters. The first-order chi connectivity index (χ1) is 14.7. The van der Waals surface area contributed by atoms with E-state index in [1.165, 1.54) is 17.5 Å². The minimum absolute atomic E-state index is 0.469. The smallest absolute Gasteiger partial charge is 0.245 e. The van der Waals surface area contributed by atoms with E-state index < -0.39 is 0 Å². The molecule has 148 valence electrons. The molecular weight excluding hydrogens is 374 g/mol. The van der Waals surface area contributed by atoms with E-state index in [0.29, 0.717) is 30.1 Å². The highest BCUT2D eigenvalue weighted by Gasteiger charge is 2.13. The Balaban J connectivity index is 1.52. The van der Waals surface area contributed by atoms with Crippen molar-refractivity contribution in [3.05, 3.63) is 77.9 Å². The van der Waals surface area contributed by atoms with Crippen molar-refractivity contribution in [2.45, 2.75) is 20.3 Å². The van der Waals surface area contributed by atoms with E-state index in [9.17, 15) is 0 Å². The lowest BCUT2D eigenvalue weighted by molar-refractivity contribution is 0.312. The number of rotatable bonds is 5. The minimum Gasteiger partial charge on any atom is -0.476 e. The number of H-pyrrole nitrogens is 1. The largest absolute Gasteiger partial charge is 0.476 e. The number of imidazole rings is 1. The van der Waals surface area contributed by atoms with Gasteiger partial charge >= 0.3 is 0 Å². The molecule has 0 atom stereocenters. The number of ether oxygens (including phenoxy) is 1. The summed E-state index contributed by atoms with van der Waals surface area (Å²) in [6, 6.07) is 16.9. The number of para-hydroxylation sites is 1. The van der Waals surface area contributed by atoms with Crippen LogP contribution in [0.25, 0.3) is 33.3 Å². The molecule has 3 heterocycles. The van der Waals surface area contributed by atoms with Crippen LogP contribution in [0.15, 0.2) is 61.2 Å². The second-order valence-electron chi connectivity index (χ2n) is 7.33. The Kier molecular flexibility index (Phi) is 4.59. The van der Waals surface area contributed by atoms with E-state index in [0.717, 1.165) is 27.7 Å². The Morgan fingerprint density at radius 3 is 2.67 bits per heavy atom. The quantitative estimate of drug-likeness (QED) is 0.462. The molecule has 0 aliphatic heterocycles. The molecule has 0 saturated carbocycles. The van der Waals surface area contributed by atoms with Gasteiger partial charge in [0.15, 0.2) is 11.2 Å². The summed E-state index contributed by atoms with van der Waals surface area (Å²) in [4.78, 5) is 20.7. The zero-order valence-corrected chi connectivity index (χ0v) is 16.9. The highest BCUT2D eigenvalue weighted by atomic mass is 16.5. The van der Waals surface area contributed by atoms with Crippen molar-refractivity contribution in [2.75, 3.05) is 6.61 Å². The van der Waals surface area contributed by atoms with Crippen LogP contribution in [-0.4, -0.2) is 31.5 Å². The number of pyridine rings is 1. The Morgan fingerprint density at radius 2 is 1.77 bits per heavy atom. The summed E-state index contributed by atoms with van der Waals surface area (Å²) in [6.45, 7) is 4.69. The van der Waals surface area contributed by atoms with Crippen LogP contribution in [-0.2, 0) is 6.42 Å². The molecule has 0 bridgehead atoms. The number of aromatic nitrogens is 5. The zero-order valence-electron chi connectivity index (χ0n) is 16.9. The summed E-state index contributed by atoms with van der Waals surface area (Å²) in [5.41, 5.74) is 8.03. The van der Waals surface area contributed by atoms with E-state index >= 15 is 0 Å². The standard InChI is InChI=1S/C24H21N5O/c1-15-6-3-4-9-19(15)21-18(12-17-8-5-7-16(2)20(17)29-21)10-11-30-24-22-23(26-13-25-22)27-14-28-24/h3-9,12-14H,10-11H2,1-2H3,(H,25,26,27,28). The number of nitrogens with zero attached hydrogens (tertiary/aromatic N) is 4. The number of aryl methyl sites for hydroxylation is 2. The molecular formula is C24H21N5O. The van der Waals surface area contributed by atoms with Gasteiger partial charge < -0.3 is 9.72 Å². The Hall–Kier alpha value is -3.80. The van der Waals surface area contributed by atoms with Crippen LogP contribution < -0.4 is 4.74 Å². The Bertz CT molecular complexity index is 1360. The van der Waals surface area contributed by atoms with E-state index in [1.54, 1.807) is 6.33 Å². The lowest BCUT2D eigenvalue weighted by Gasteiger charge is -2.14. The summed E-state index contributed by atoms with van der Waals surface area (Å²) in [5, 5.41) is 1.14. The summed E-state index contributed by atoms with van der Waals surface area (Å²) in [6.07, 6.45) is 3.78. The minimum atomic E-state index is 0.469. The summed E-state index contributed by atoms with van der Waals surface area (Å²) >= 11 is 0. The van der Waals surface area contributed by atoms with Gasteiger partial charge in [0.25, 0.3) is 0 Å². The molecule has 0 aliphatic carbocycles. The maximum Gasteiger partial charge on any atom is 0.245 e. The van der Waals surface area contributed by atoms with Crippen LogP contribution in [0.5, 0.6) is 5.88 Å². The average Bonchev–Trinajstić information content (AvgIpc) is 3.24. The Morgan fingerprint density at radius 1 is 0.900 bits per heavy atom. The fraction of sp³-hybridized carbons (Fsp3) is 0.167. The highest BCUT2D eigenvalue weighted by Crippen LogP contribution is 2.30. The molecule has 5 aromatic rings.